The lowest BCUT2D eigenvalue weighted by Crippen LogP contribution is -2.25. The number of aliphatic carboxylic acids is 1. The molecule has 3 N–H and O–H groups in total. The Morgan fingerprint density at radius 2 is 1.81 bits per heavy atom. The molecule has 37 heavy (non-hydrogen) atoms. The highest BCUT2D eigenvalue weighted by Gasteiger charge is 2.15. The normalized spacial score (nSPS) is 11.6. The number of nitrogens with zero attached hydrogens (tertiary/aromatic N) is 3. The van der Waals surface area contributed by atoms with Crippen molar-refractivity contribution in [1.29, 1.82) is 0 Å². The van der Waals surface area contributed by atoms with Crippen LogP contribution < -0.4 is 10.6 Å². The summed E-state index contributed by atoms with van der Waals surface area (Å²) in [5.41, 5.74) is 3.98. The molecule has 4 rings (SSSR count). The molecule has 9 nitrogen and oxygen atoms in total. The summed E-state index contributed by atoms with van der Waals surface area (Å²) in [6.45, 7) is 2.25. The molecule has 2 heterocycles. The first-order chi connectivity index (χ1) is 18.0. The van der Waals surface area contributed by atoms with Crippen LogP contribution in [-0.2, 0) is 4.79 Å². The average molecular weight is 500 g/mol. The Kier molecular flexibility index (Phi) is 8.59. The van der Waals surface area contributed by atoms with Crippen molar-refractivity contribution < 1.29 is 19.2 Å². The molecule has 0 aliphatic heterocycles. The molecule has 0 aliphatic rings. The van der Waals surface area contributed by atoms with E-state index in [0.717, 1.165) is 36.1 Å². The molecule has 0 aliphatic carbocycles. The first kappa shape index (κ1) is 25.6. The van der Waals surface area contributed by atoms with E-state index < -0.39 is 5.97 Å². The largest absolute Gasteiger partial charge is 0.481 e. The van der Waals surface area contributed by atoms with Crippen molar-refractivity contribution >= 4 is 17.6 Å². The van der Waals surface area contributed by atoms with E-state index in [4.69, 9.17) is 9.63 Å². The number of benzene rings is 2. The maximum atomic E-state index is 12.2. The average Bonchev–Trinajstić information content (AvgIpc) is 3.42. The number of carboxylic acids is 1. The minimum Gasteiger partial charge on any atom is -0.481 e. The Bertz CT molecular complexity index is 1300. The monoisotopic (exact) mass is 499 g/mol. The summed E-state index contributed by atoms with van der Waals surface area (Å²) in [5.74, 6) is -0.361. The SMILES string of the molecule is CCCCC(Nc1ccc(C(=O)NCCC(=O)O)cc1)c1ccc(-c2noc(-c3ccccn3)n2)cc1. The highest BCUT2D eigenvalue weighted by molar-refractivity contribution is 5.94. The van der Waals surface area contributed by atoms with Crippen LogP contribution in [0.15, 0.2) is 77.4 Å². The molecule has 9 heteroatoms. The van der Waals surface area contributed by atoms with Gasteiger partial charge in [0.2, 0.25) is 5.82 Å². The van der Waals surface area contributed by atoms with Gasteiger partial charge in [-0.3, -0.25) is 14.6 Å². The third kappa shape index (κ3) is 7.00. The highest BCUT2D eigenvalue weighted by Crippen LogP contribution is 2.28. The van der Waals surface area contributed by atoms with E-state index >= 15 is 0 Å². The first-order valence-corrected chi connectivity index (χ1v) is 12.3. The molecule has 0 fully saturated rings. The van der Waals surface area contributed by atoms with Crippen molar-refractivity contribution in [1.82, 2.24) is 20.4 Å². The van der Waals surface area contributed by atoms with Gasteiger partial charge in [0.05, 0.1) is 12.5 Å². The van der Waals surface area contributed by atoms with E-state index in [1.807, 2.05) is 42.5 Å². The van der Waals surface area contributed by atoms with Crippen LogP contribution >= 0.6 is 0 Å². The maximum absolute atomic E-state index is 12.2. The van der Waals surface area contributed by atoms with Gasteiger partial charge < -0.3 is 20.3 Å². The number of rotatable bonds is 12. The molecule has 2 aromatic heterocycles. The van der Waals surface area contributed by atoms with Gasteiger partial charge in [-0.15, -0.1) is 0 Å². The summed E-state index contributed by atoms with van der Waals surface area (Å²) in [6, 6.07) is 20.9. The van der Waals surface area contributed by atoms with Gasteiger partial charge in [-0.1, -0.05) is 55.3 Å². The van der Waals surface area contributed by atoms with Gasteiger partial charge in [0.15, 0.2) is 0 Å². The number of nitrogens with one attached hydrogen (secondary N) is 2. The Hall–Kier alpha value is -4.53. The number of hydrogen-bond acceptors (Lipinski definition) is 7. The maximum Gasteiger partial charge on any atom is 0.305 e. The number of carboxylic acid groups (broad SMARTS) is 1. The fourth-order valence-corrected chi connectivity index (χ4v) is 3.83. The van der Waals surface area contributed by atoms with E-state index in [0.29, 0.717) is 23.0 Å². The lowest BCUT2D eigenvalue weighted by atomic mass is 9.99. The Morgan fingerprint density at radius 3 is 2.49 bits per heavy atom. The van der Waals surface area contributed by atoms with Crippen molar-refractivity contribution in [2.75, 3.05) is 11.9 Å². The smallest absolute Gasteiger partial charge is 0.305 e. The van der Waals surface area contributed by atoms with Crippen LogP contribution in [0.25, 0.3) is 23.0 Å². The van der Waals surface area contributed by atoms with Gasteiger partial charge in [-0.2, -0.15) is 4.98 Å². The Balaban J connectivity index is 1.43. The van der Waals surface area contributed by atoms with Gasteiger partial charge in [-0.25, -0.2) is 0 Å². The van der Waals surface area contributed by atoms with Crippen LogP contribution in [0.4, 0.5) is 5.69 Å². The van der Waals surface area contributed by atoms with Crippen LogP contribution in [0.5, 0.6) is 0 Å². The molecule has 2 aromatic carbocycles. The molecule has 0 saturated heterocycles. The van der Waals surface area contributed by atoms with Crippen LogP contribution in [-0.4, -0.2) is 38.7 Å². The molecule has 1 unspecified atom stereocenters. The summed E-state index contributed by atoms with van der Waals surface area (Å²) in [6.07, 6.45) is 4.65. The number of pyridine rings is 1. The second-order valence-corrected chi connectivity index (χ2v) is 8.58. The number of carbonyl (C=O) groups excluding carboxylic acids is 1. The molecule has 1 amide bonds. The van der Waals surface area contributed by atoms with E-state index in [1.165, 1.54) is 0 Å². The molecule has 0 spiro atoms. The molecular formula is C28H29N5O4. The number of anilines is 1. The first-order valence-electron chi connectivity index (χ1n) is 12.3. The van der Waals surface area contributed by atoms with Crippen molar-refractivity contribution in [3.63, 3.8) is 0 Å². The summed E-state index contributed by atoms with van der Waals surface area (Å²) in [5, 5.41) is 19.0. The van der Waals surface area contributed by atoms with Crippen molar-refractivity contribution in [3.8, 4) is 23.0 Å². The predicted octanol–water partition coefficient (Wildman–Crippen LogP) is 5.35. The quantitative estimate of drug-likeness (QED) is 0.238. The molecule has 4 aromatic rings. The van der Waals surface area contributed by atoms with Gasteiger partial charge in [0, 0.05) is 29.6 Å². The molecule has 0 radical (unpaired) electrons. The molecule has 1 atom stereocenters. The zero-order chi connectivity index (χ0) is 26.0. The fourth-order valence-electron chi connectivity index (χ4n) is 3.83. The molecular weight excluding hydrogens is 470 g/mol. The molecule has 190 valence electrons. The van der Waals surface area contributed by atoms with Crippen molar-refractivity contribution in [3.05, 3.63) is 84.1 Å². The lowest BCUT2D eigenvalue weighted by molar-refractivity contribution is -0.136. The topological polar surface area (TPSA) is 130 Å². The number of amides is 1. The predicted molar refractivity (Wildman–Crippen MR) is 140 cm³/mol. The number of unbranched alkanes of at least 4 members (excludes halogenated alkanes) is 1. The second-order valence-electron chi connectivity index (χ2n) is 8.58. The van der Waals surface area contributed by atoms with Crippen LogP contribution in [0, 0.1) is 0 Å². The zero-order valence-corrected chi connectivity index (χ0v) is 20.6. The van der Waals surface area contributed by atoms with E-state index in [-0.39, 0.29) is 24.9 Å². The summed E-state index contributed by atoms with van der Waals surface area (Å²) in [4.78, 5) is 31.6. The molecule has 0 bridgehead atoms. The number of aromatic nitrogens is 3. The summed E-state index contributed by atoms with van der Waals surface area (Å²) >= 11 is 0. The zero-order valence-electron chi connectivity index (χ0n) is 20.6. The minimum absolute atomic E-state index is 0.0820. The second kappa shape index (κ2) is 12.4. The van der Waals surface area contributed by atoms with E-state index in [2.05, 4.69) is 44.8 Å². The van der Waals surface area contributed by atoms with E-state index in [9.17, 15) is 9.59 Å². The van der Waals surface area contributed by atoms with Gasteiger partial charge in [0.1, 0.15) is 5.69 Å². The Labute approximate surface area is 215 Å². The number of hydrogen-bond donors (Lipinski definition) is 3. The van der Waals surface area contributed by atoms with Gasteiger partial charge in [0.25, 0.3) is 11.8 Å². The summed E-state index contributed by atoms with van der Waals surface area (Å²) < 4.78 is 5.38. The lowest BCUT2D eigenvalue weighted by Gasteiger charge is -2.21. The highest BCUT2D eigenvalue weighted by atomic mass is 16.5. The Morgan fingerprint density at radius 1 is 1.03 bits per heavy atom. The fraction of sp³-hybridized carbons (Fsp3) is 0.250. The minimum atomic E-state index is -0.947. The van der Waals surface area contributed by atoms with Crippen LogP contribution in [0.3, 0.4) is 0 Å². The van der Waals surface area contributed by atoms with Crippen molar-refractivity contribution in [2.24, 2.45) is 0 Å². The number of carbonyl (C=O) groups is 2. The van der Waals surface area contributed by atoms with Crippen molar-refractivity contribution in [2.45, 2.75) is 38.6 Å². The van der Waals surface area contributed by atoms with Gasteiger partial charge >= 0.3 is 5.97 Å². The molecule has 0 saturated carbocycles. The summed E-state index contributed by atoms with van der Waals surface area (Å²) in [7, 11) is 0. The third-order valence-electron chi connectivity index (χ3n) is 5.84. The van der Waals surface area contributed by atoms with Crippen LogP contribution in [0.1, 0.15) is 54.6 Å². The standard InChI is InChI=1S/C28H29N5O4/c1-2-3-6-23(31-22-14-12-21(13-15-22)27(36)30-18-16-25(34)35)19-8-10-20(11-9-19)26-32-28(37-33-26)24-7-4-5-17-29-24/h4-5,7-15,17,23,31H,2-3,6,16,18H2,1H3,(H,30,36)(H,34,35). The van der Waals surface area contributed by atoms with Crippen LogP contribution in [0.2, 0.25) is 0 Å². The third-order valence-corrected chi connectivity index (χ3v) is 5.84. The van der Waals surface area contributed by atoms with E-state index in [1.54, 1.807) is 18.3 Å². The van der Waals surface area contributed by atoms with Gasteiger partial charge in [-0.05, 0) is 48.4 Å².